The quantitative estimate of drug-likeness (QED) is 0.766. The van der Waals surface area contributed by atoms with Crippen molar-refractivity contribution in [1.29, 1.82) is 0 Å². The van der Waals surface area contributed by atoms with Crippen LogP contribution in [0.1, 0.15) is 46.0 Å². The van der Waals surface area contributed by atoms with Crippen molar-refractivity contribution in [2.45, 2.75) is 58.0 Å². The minimum absolute atomic E-state index is 0.0373. The number of ether oxygens (including phenoxy) is 1. The van der Waals surface area contributed by atoms with Crippen LogP contribution in [0.5, 0.6) is 0 Å². The Bertz CT molecular complexity index is 254. The molecule has 0 spiro atoms. The van der Waals surface area contributed by atoms with Gasteiger partial charge >= 0.3 is 0 Å². The summed E-state index contributed by atoms with van der Waals surface area (Å²) in [6.45, 7) is 5.05. The summed E-state index contributed by atoms with van der Waals surface area (Å²) in [4.78, 5) is 11.8. The van der Waals surface area contributed by atoms with Gasteiger partial charge in [0.1, 0.15) is 0 Å². The number of carbonyl (C=O) groups excluding carboxylic acids is 1. The lowest BCUT2D eigenvalue weighted by Gasteiger charge is -2.35. The number of nitrogens with two attached hydrogens (primary N) is 1. The third kappa shape index (κ3) is 5.04. The van der Waals surface area contributed by atoms with E-state index in [9.17, 15) is 4.79 Å². The van der Waals surface area contributed by atoms with Crippen LogP contribution in [0.25, 0.3) is 0 Å². The van der Waals surface area contributed by atoms with E-state index in [4.69, 9.17) is 10.5 Å². The van der Waals surface area contributed by atoms with Gasteiger partial charge in [0, 0.05) is 19.8 Å². The molecule has 0 aliphatic heterocycles. The molecule has 1 aliphatic rings. The average molecular weight is 242 g/mol. The van der Waals surface area contributed by atoms with E-state index in [1.54, 1.807) is 7.11 Å². The van der Waals surface area contributed by atoms with Crippen molar-refractivity contribution < 1.29 is 9.53 Å². The molecule has 17 heavy (non-hydrogen) atoms. The molecule has 1 fully saturated rings. The Morgan fingerprint density at radius 3 is 2.88 bits per heavy atom. The van der Waals surface area contributed by atoms with Crippen LogP contribution in [0.4, 0.5) is 0 Å². The monoisotopic (exact) mass is 242 g/mol. The Morgan fingerprint density at radius 1 is 1.59 bits per heavy atom. The SMILES string of the molecule is COCCC(N)C(=O)NC1CCCC(C)(C)C1. The first-order valence-electron chi connectivity index (χ1n) is 6.49. The van der Waals surface area contributed by atoms with E-state index in [1.165, 1.54) is 12.8 Å². The van der Waals surface area contributed by atoms with Gasteiger partial charge in [-0.3, -0.25) is 4.79 Å². The van der Waals surface area contributed by atoms with Crippen LogP contribution in [0.3, 0.4) is 0 Å². The van der Waals surface area contributed by atoms with Gasteiger partial charge in [-0.25, -0.2) is 0 Å². The molecule has 1 aliphatic carbocycles. The van der Waals surface area contributed by atoms with Gasteiger partial charge in [-0.05, 0) is 31.1 Å². The molecular weight excluding hydrogens is 216 g/mol. The summed E-state index contributed by atoms with van der Waals surface area (Å²) in [5.74, 6) is -0.0373. The van der Waals surface area contributed by atoms with Gasteiger partial charge in [-0.15, -0.1) is 0 Å². The third-order valence-electron chi connectivity index (χ3n) is 3.52. The lowest BCUT2D eigenvalue weighted by Crippen LogP contribution is -2.48. The van der Waals surface area contributed by atoms with Gasteiger partial charge in [-0.2, -0.15) is 0 Å². The molecular formula is C13H26N2O2. The van der Waals surface area contributed by atoms with E-state index in [2.05, 4.69) is 19.2 Å². The maximum atomic E-state index is 11.8. The Hall–Kier alpha value is -0.610. The third-order valence-corrected chi connectivity index (χ3v) is 3.52. The zero-order chi connectivity index (χ0) is 12.9. The zero-order valence-corrected chi connectivity index (χ0v) is 11.3. The molecule has 4 nitrogen and oxygen atoms in total. The summed E-state index contributed by atoms with van der Waals surface area (Å²) in [6, 6.07) is -0.153. The molecule has 0 aromatic carbocycles. The van der Waals surface area contributed by atoms with Crippen molar-refractivity contribution >= 4 is 5.91 Å². The highest BCUT2D eigenvalue weighted by Crippen LogP contribution is 2.35. The smallest absolute Gasteiger partial charge is 0.237 e. The summed E-state index contributed by atoms with van der Waals surface area (Å²) < 4.78 is 4.93. The fourth-order valence-electron chi connectivity index (χ4n) is 2.51. The maximum Gasteiger partial charge on any atom is 0.237 e. The molecule has 3 N–H and O–H groups in total. The van der Waals surface area contributed by atoms with Gasteiger partial charge in [0.15, 0.2) is 0 Å². The van der Waals surface area contributed by atoms with Crippen LogP contribution >= 0.6 is 0 Å². The minimum Gasteiger partial charge on any atom is -0.385 e. The first-order valence-corrected chi connectivity index (χ1v) is 6.49. The van der Waals surface area contributed by atoms with E-state index in [-0.39, 0.29) is 5.91 Å². The highest BCUT2D eigenvalue weighted by atomic mass is 16.5. The second-order valence-corrected chi connectivity index (χ2v) is 5.85. The number of amides is 1. The minimum atomic E-state index is -0.444. The van der Waals surface area contributed by atoms with Crippen molar-refractivity contribution in [3.63, 3.8) is 0 Å². The van der Waals surface area contributed by atoms with Crippen molar-refractivity contribution in [2.75, 3.05) is 13.7 Å². The molecule has 0 bridgehead atoms. The molecule has 0 aromatic rings. The number of carbonyl (C=O) groups is 1. The second kappa shape index (κ2) is 6.36. The van der Waals surface area contributed by atoms with Crippen LogP contribution in [0, 0.1) is 5.41 Å². The molecule has 1 amide bonds. The van der Waals surface area contributed by atoms with Crippen molar-refractivity contribution in [3.8, 4) is 0 Å². The summed E-state index contributed by atoms with van der Waals surface area (Å²) in [7, 11) is 1.62. The Labute approximate surface area is 104 Å². The topological polar surface area (TPSA) is 64.3 Å². The van der Waals surface area contributed by atoms with Crippen LogP contribution in [0.2, 0.25) is 0 Å². The van der Waals surface area contributed by atoms with Crippen molar-refractivity contribution in [3.05, 3.63) is 0 Å². The molecule has 1 rings (SSSR count). The fraction of sp³-hybridized carbons (Fsp3) is 0.923. The van der Waals surface area contributed by atoms with Gasteiger partial charge in [0.2, 0.25) is 5.91 Å². The van der Waals surface area contributed by atoms with E-state index >= 15 is 0 Å². The highest BCUT2D eigenvalue weighted by molar-refractivity contribution is 5.81. The summed E-state index contributed by atoms with van der Waals surface area (Å²) in [6.07, 6.45) is 5.14. The molecule has 0 heterocycles. The van der Waals surface area contributed by atoms with Crippen LogP contribution in [-0.2, 0) is 9.53 Å². The van der Waals surface area contributed by atoms with Crippen LogP contribution in [0.15, 0.2) is 0 Å². The predicted octanol–water partition coefficient (Wildman–Crippen LogP) is 1.44. The van der Waals surface area contributed by atoms with Gasteiger partial charge < -0.3 is 15.8 Å². The number of nitrogens with one attached hydrogen (secondary N) is 1. The second-order valence-electron chi connectivity index (χ2n) is 5.85. The molecule has 2 unspecified atom stereocenters. The first-order chi connectivity index (χ1) is 7.94. The molecule has 0 radical (unpaired) electrons. The normalized spacial score (nSPS) is 25.3. The van der Waals surface area contributed by atoms with E-state index in [0.717, 1.165) is 12.8 Å². The molecule has 0 saturated heterocycles. The number of rotatable bonds is 5. The van der Waals surface area contributed by atoms with Gasteiger partial charge in [0.25, 0.3) is 0 Å². The molecule has 4 heteroatoms. The average Bonchev–Trinajstić information content (AvgIpc) is 2.24. The molecule has 0 aromatic heterocycles. The lowest BCUT2D eigenvalue weighted by atomic mass is 9.75. The van der Waals surface area contributed by atoms with Crippen molar-refractivity contribution in [1.82, 2.24) is 5.32 Å². The largest absolute Gasteiger partial charge is 0.385 e. The van der Waals surface area contributed by atoms with E-state index in [1.807, 2.05) is 0 Å². The van der Waals surface area contributed by atoms with E-state index < -0.39 is 6.04 Å². The number of hydrogen-bond donors (Lipinski definition) is 2. The summed E-state index contributed by atoms with van der Waals surface area (Å²) in [5, 5.41) is 3.06. The van der Waals surface area contributed by atoms with Crippen molar-refractivity contribution in [2.24, 2.45) is 11.1 Å². The lowest BCUT2D eigenvalue weighted by molar-refractivity contribution is -0.123. The molecule has 1 saturated carbocycles. The highest BCUT2D eigenvalue weighted by Gasteiger charge is 2.29. The summed E-state index contributed by atoms with van der Waals surface area (Å²) in [5.41, 5.74) is 6.14. The van der Waals surface area contributed by atoms with E-state index in [0.29, 0.717) is 24.5 Å². The Morgan fingerprint density at radius 2 is 2.29 bits per heavy atom. The van der Waals surface area contributed by atoms with Crippen LogP contribution in [-0.4, -0.2) is 31.7 Å². The number of hydrogen-bond acceptors (Lipinski definition) is 3. The van der Waals surface area contributed by atoms with Gasteiger partial charge in [0.05, 0.1) is 6.04 Å². The molecule has 2 atom stereocenters. The molecule has 100 valence electrons. The number of methoxy groups -OCH3 is 1. The zero-order valence-electron chi connectivity index (χ0n) is 11.3. The maximum absolute atomic E-state index is 11.8. The Kier molecular flexibility index (Phi) is 5.40. The first kappa shape index (κ1) is 14.5. The fourth-order valence-corrected chi connectivity index (χ4v) is 2.51. The standard InChI is InChI=1S/C13H26N2O2/c1-13(2)7-4-5-10(9-13)15-12(16)11(14)6-8-17-3/h10-11H,4-9,14H2,1-3H3,(H,15,16). The Balaban J connectivity index is 2.35. The summed E-state index contributed by atoms with van der Waals surface area (Å²) >= 11 is 0. The predicted molar refractivity (Wildman–Crippen MR) is 68.6 cm³/mol. The van der Waals surface area contributed by atoms with Gasteiger partial charge in [-0.1, -0.05) is 20.3 Å². The van der Waals surface area contributed by atoms with Crippen LogP contribution < -0.4 is 11.1 Å².